The Bertz CT molecular complexity index is 577. The van der Waals surface area contributed by atoms with Crippen LogP contribution in [0.5, 0.6) is 0 Å². The Hall–Kier alpha value is -1.34. The molecule has 0 bridgehead atoms. The molecule has 20 heavy (non-hydrogen) atoms. The fourth-order valence-electron chi connectivity index (χ4n) is 2.50. The van der Waals surface area contributed by atoms with Crippen molar-refractivity contribution in [3.05, 3.63) is 70.5 Å². The molecule has 0 heterocycles. The summed E-state index contributed by atoms with van der Waals surface area (Å²) in [4.78, 5) is 0. The Balaban J connectivity index is 2.13. The van der Waals surface area contributed by atoms with Gasteiger partial charge in [0.15, 0.2) is 0 Å². The van der Waals surface area contributed by atoms with E-state index in [-0.39, 0.29) is 5.82 Å². The average molecular weight is 291 g/mol. The summed E-state index contributed by atoms with van der Waals surface area (Å²) in [5.74, 6) is 0.748. The Kier molecular flexibility index (Phi) is 5.19. The molecule has 0 spiro atoms. The van der Waals surface area contributed by atoms with Gasteiger partial charge in [-0.05, 0) is 67.0 Å². The van der Waals surface area contributed by atoms with Gasteiger partial charge in [-0.25, -0.2) is 4.39 Å². The molecule has 0 radical (unpaired) electrons. The van der Waals surface area contributed by atoms with E-state index in [0.717, 1.165) is 24.0 Å². The summed E-state index contributed by atoms with van der Waals surface area (Å²) in [6, 6.07) is 13.3. The van der Waals surface area contributed by atoms with E-state index in [2.05, 4.69) is 25.1 Å². The summed E-state index contributed by atoms with van der Waals surface area (Å²) in [5, 5.41) is 0. The van der Waals surface area contributed by atoms with Crippen LogP contribution in [0.4, 0.5) is 4.39 Å². The minimum absolute atomic E-state index is 0.171. The fraction of sp³-hybridized carbons (Fsp3) is 0.333. The van der Waals surface area contributed by atoms with E-state index in [9.17, 15) is 4.39 Å². The summed E-state index contributed by atoms with van der Waals surface area (Å²) in [7, 11) is 0. The summed E-state index contributed by atoms with van der Waals surface area (Å²) in [6.07, 6.45) is 1.76. The van der Waals surface area contributed by atoms with E-state index >= 15 is 0 Å². The molecule has 0 aliphatic carbocycles. The highest BCUT2D eigenvalue weighted by molar-refractivity contribution is 6.18. The topological polar surface area (TPSA) is 0 Å². The van der Waals surface area contributed by atoms with Gasteiger partial charge in [0.1, 0.15) is 5.82 Å². The van der Waals surface area contributed by atoms with Gasteiger partial charge < -0.3 is 0 Å². The predicted molar refractivity (Wildman–Crippen MR) is 83.9 cm³/mol. The highest BCUT2D eigenvalue weighted by Crippen LogP contribution is 2.21. The lowest BCUT2D eigenvalue weighted by molar-refractivity contribution is 0.573. The maximum absolute atomic E-state index is 13.4. The molecule has 2 aromatic rings. The number of alkyl halides is 1. The highest BCUT2D eigenvalue weighted by Gasteiger charge is 2.13. The molecule has 0 aliphatic heterocycles. The third-order valence-corrected chi connectivity index (χ3v) is 4.24. The first-order valence-electron chi connectivity index (χ1n) is 6.95. The summed E-state index contributed by atoms with van der Waals surface area (Å²) >= 11 is 6.12. The lowest BCUT2D eigenvalue weighted by Gasteiger charge is -2.17. The van der Waals surface area contributed by atoms with Crippen molar-refractivity contribution in [3.8, 4) is 0 Å². The van der Waals surface area contributed by atoms with Crippen LogP contribution in [0.25, 0.3) is 0 Å². The van der Waals surface area contributed by atoms with Gasteiger partial charge in [-0.2, -0.15) is 0 Å². The van der Waals surface area contributed by atoms with E-state index in [0.29, 0.717) is 11.8 Å². The van der Waals surface area contributed by atoms with Crippen molar-refractivity contribution in [1.82, 2.24) is 0 Å². The molecule has 0 nitrogen and oxygen atoms in total. The maximum atomic E-state index is 13.4. The molecule has 0 aromatic heterocycles. The molecule has 0 saturated heterocycles. The van der Waals surface area contributed by atoms with Crippen LogP contribution in [0.3, 0.4) is 0 Å². The minimum atomic E-state index is -0.171. The Morgan fingerprint density at radius 3 is 2.30 bits per heavy atom. The zero-order valence-corrected chi connectivity index (χ0v) is 12.8. The molecule has 0 fully saturated rings. The van der Waals surface area contributed by atoms with Crippen molar-refractivity contribution < 1.29 is 4.39 Å². The summed E-state index contributed by atoms with van der Waals surface area (Å²) in [6.45, 7) is 4.14. The molecular weight excluding hydrogens is 271 g/mol. The smallest absolute Gasteiger partial charge is 0.123 e. The van der Waals surface area contributed by atoms with E-state index in [1.807, 2.05) is 19.1 Å². The van der Waals surface area contributed by atoms with Crippen LogP contribution in [-0.2, 0) is 12.8 Å². The number of hydrogen-bond acceptors (Lipinski definition) is 0. The third kappa shape index (κ3) is 3.83. The summed E-state index contributed by atoms with van der Waals surface area (Å²) in [5.41, 5.74) is 4.81. The van der Waals surface area contributed by atoms with Gasteiger partial charge in [0.25, 0.3) is 0 Å². The fourth-order valence-corrected chi connectivity index (χ4v) is 2.72. The summed E-state index contributed by atoms with van der Waals surface area (Å²) < 4.78 is 13.4. The number of hydrogen-bond donors (Lipinski definition) is 0. The number of benzene rings is 2. The number of halogens is 2. The second-order valence-electron chi connectivity index (χ2n) is 5.43. The van der Waals surface area contributed by atoms with Crippen molar-refractivity contribution in [2.45, 2.75) is 26.7 Å². The van der Waals surface area contributed by atoms with Gasteiger partial charge in [0, 0.05) is 5.88 Å². The first-order valence-corrected chi connectivity index (χ1v) is 7.49. The van der Waals surface area contributed by atoms with E-state index in [1.165, 1.54) is 17.2 Å². The minimum Gasteiger partial charge on any atom is -0.207 e. The first kappa shape index (κ1) is 15.1. The second-order valence-corrected chi connectivity index (χ2v) is 5.73. The van der Waals surface area contributed by atoms with E-state index < -0.39 is 0 Å². The Labute approximate surface area is 125 Å². The maximum Gasteiger partial charge on any atom is 0.123 e. The molecule has 0 N–H and O–H groups in total. The molecule has 1 unspecified atom stereocenters. The SMILES string of the molecule is Cc1ccccc1CC(CCl)Cc1cc(F)ccc1C. The zero-order valence-electron chi connectivity index (χ0n) is 12.0. The van der Waals surface area contributed by atoms with Crippen molar-refractivity contribution in [2.24, 2.45) is 5.92 Å². The molecule has 2 aromatic carbocycles. The van der Waals surface area contributed by atoms with Gasteiger partial charge in [0.2, 0.25) is 0 Å². The van der Waals surface area contributed by atoms with Crippen molar-refractivity contribution in [1.29, 1.82) is 0 Å². The van der Waals surface area contributed by atoms with Crippen LogP contribution in [0.2, 0.25) is 0 Å². The van der Waals surface area contributed by atoms with Crippen LogP contribution < -0.4 is 0 Å². The lowest BCUT2D eigenvalue weighted by Crippen LogP contribution is -2.12. The molecular formula is C18H20ClF. The Morgan fingerprint density at radius 2 is 1.60 bits per heavy atom. The second kappa shape index (κ2) is 6.90. The molecule has 0 aliphatic rings. The largest absolute Gasteiger partial charge is 0.207 e. The third-order valence-electron chi connectivity index (χ3n) is 3.81. The molecule has 0 amide bonds. The lowest BCUT2D eigenvalue weighted by atomic mass is 9.90. The van der Waals surface area contributed by atoms with Crippen LogP contribution in [0, 0.1) is 25.6 Å². The zero-order chi connectivity index (χ0) is 14.5. The molecule has 0 saturated carbocycles. The van der Waals surface area contributed by atoms with Crippen molar-refractivity contribution >= 4 is 11.6 Å². The van der Waals surface area contributed by atoms with E-state index in [1.54, 1.807) is 6.07 Å². The molecule has 2 rings (SSSR count). The van der Waals surface area contributed by atoms with Crippen molar-refractivity contribution in [3.63, 3.8) is 0 Å². The van der Waals surface area contributed by atoms with Crippen LogP contribution in [-0.4, -0.2) is 5.88 Å². The normalized spacial score (nSPS) is 12.4. The van der Waals surface area contributed by atoms with E-state index in [4.69, 9.17) is 11.6 Å². The highest BCUT2D eigenvalue weighted by atomic mass is 35.5. The molecule has 106 valence electrons. The standard InChI is InChI=1S/C18H20ClF/c1-13-5-3-4-6-16(13)9-15(12-19)10-17-11-18(20)8-7-14(17)2/h3-8,11,15H,9-10,12H2,1-2H3. The van der Waals surface area contributed by atoms with Gasteiger partial charge in [-0.15, -0.1) is 11.6 Å². The van der Waals surface area contributed by atoms with Gasteiger partial charge >= 0.3 is 0 Å². The van der Waals surface area contributed by atoms with Crippen LogP contribution in [0.15, 0.2) is 42.5 Å². The average Bonchev–Trinajstić information content (AvgIpc) is 2.44. The molecule has 2 heteroatoms. The van der Waals surface area contributed by atoms with Crippen molar-refractivity contribution in [2.75, 3.05) is 5.88 Å². The predicted octanol–water partition coefficient (Wildman–Crippen LogP) is 5.08. The van der Waals surface area contributed by atoms with Gasteiger partial charge in [-0.1, -0.05) is 30.3 Å². The number of aryl methyl sites for hydroxylation is 2. The van der Waals surface area contributed by atoms with Gasteiger partial charge in [0.05, 0.1) is 0 Å². The molecule has 1 atom stereocenters. The van der Waals surface area contributed by atoms with Crippen LogP contribution in [0.1, 0.15) is 22.3 Å². The monoisotopic (exact) mass is 290 g/mol. The number of rotatable bonds is 5. The first-order chi connectivity index (χ1) is 9.60. The quantitative estimate of drug-likeness (QED) is 0.673. The van der Waals surface area contributed by atoms with Gasteiger partial charge in [-0.3, -0.25) is 0 Å². The van der Waals surface area contributed by atoms with Crippen LogP contribution >= 0.6 is 11.6 Å². The Morgan fingerprint density at radius 1 is 0.950 bits per heavy atom.